The number of hydrazine groups is 1. The van der Waals surface area contributed by atoms with E-state index in [-0.39, 0.29) is 0 Å². The van der Waals surface area contributed by atoms with Crippen molar-refractivity contribution in [2.75, 3.05) is 13.7 Å². The Morgan fingerprint density at radius 1 is 1.35 bits per heavy atom. The van der Waals surface area contributed by atoms with Crippen LogP contribution < -0.4 is 5.43 Å². The zero-order valence-corrected chi connectivity index (χ0v) is 11.4. The van der Waals surface area contributed by atoms with Gasteiger partial charge in [0.05, 0.1) is 7.11 Å². The summed E-state index contributed by atoms with van der Waals surface area (Å²) in [5.41, 5.74) is 1.94. The van der Waals surface area contributed by atoms with Gasteiger partial charge in [0.15, 0.2) is 0 Å². The Bertz CT molecular complexity index is 273. The van der Waals surface area contributed by atoms with Gasteiger partial charge in [-0.15, -0.1) is 0 Å². The Balaban J connectivity index is 4.40. The van der Waals surface area contributed by atoms with Crippen LogP contribution in [0.2, 0.25) is 0 Å². The summed E-state index contributed by atoms with van der Waals surface area (Å²) < 4.78 is 9.69. The van der Waals surface area contributed by atoms with Crippen molar-refractivity contribution in [1.82, 2.24) is 10.4 Å². The smallest absolute Gasteiger partial charge is 0.422 e. The number of nitrogens with zero attached hydrogens (tertiary/aromatic N) is 1. The number of nitrogens with one attached hydrogen (secondary N) is 1. The van der Waals surface area contributed by atoms with E-state index in [4.69, 9.17) is 4.74 Å². The fraction of sp³-hybridized carbons (Fsp3) is 0.818. The van der Waals surface area contributed by atoms with Gasteiger partial charge in [-0.2, -0.15) is 0 Å². The number of carbonyl (C=O) groups excluding carboxylic acids is 2. The Labute approximate surface area is 102 Å². The van der Waals surface area contributed by atoms with Crippen LogP contribution in [0.5, 0.6) is 0 Å². The number of amides is 1. The molecule has 0 saturated carbocycles. The van der Waals surface area contributed by atoms with Gasteiger partial charge in [0.2, 0.25) is 0 Å². The van der Waals surface area contributed by atoms with Gasteiger partial charge in [-0.1, -0.05) is 6.92 Å². The number of rotatable bonds is 4. The third-order valence-corrected chi connectivity index (χ3v) is 1.98. The summed E-state index contributed by atoms with van der Waals surface area (Å²) >= 11 is 0. The van der Waals surface area contributed by atoms with Crippen molar-refractivity contribution < 1.29 is 19.1 Å². The lowest BCUT2D eigenvalue weighted by Gasteiger charge is -2.28. The first-order chi connectivity index (χ1) is 7.71. The molecule has 0 aliphatic rings. The summed E-state index contributed by atoms with van der Waals surface area (Å²) in [5, 5.41) is 1.46. The third-order valence-electron chi connectivity index (χ3n) is 1.98. The number of likely N-dealkylation sites (N-methyl/N-ethyl adjacent to an activating group) is 1. The number of carbonyl (C=O) groups is 2. The van der Waals surface area contributed by atoms with Crippen LogP contribution >= 0.6 is 0 Å². The summed E-state index contributed by atoms with van der Waals surface area (Å²) in [5.74, 6) is -0.414. The first kappa shape index (κ1) is 15.7. The second kappa shape index (κ2) is 6.44. The second-order valence-electron chi connectivity index (χ2n) is 4.60. The quantitative estimate of drug-likeness (QED) is 0.598. The van der Waals surface area contributed by atoms with Crippen LogP contribution in [0, 0.1) is 0 Å². The molecular weight excluding hydrogens is 224 g/mol. The van der Waals surface area contributed by atoms with Gasteiger partial charge in [0.1, 0.15) is 11.6 Å². The number of ether oxygens (including phenoxy) is 2. The molecule has 0 unspecified atom stereocenters. The molecule has 0 aromatic heterocycles. The van der Waals surface area contributed by atoms with E-state index in [2.05, 4.69) is 10.2 Å². The van der Waals surface area contributed by atoms with Crippen LogP contribution in [0.15, 0.2) is 0 Å². The van der Waals surface area contributed by atoms with Gasteiger partial charge in [-0.05, 0) is 27.7 Å². The van der Waals surface area contributed by atoms with Crippen molar-refractivity contribution in [2.24, 2.45) is 0 Å². The highest BCUT2D eigenvalue weighted by Gasteiger charge is 2.24. The number of methoxy groups -OCH3 is 1. The predicted molar refractivity (Wildman–Crippen MR) is 63.2 cm³/mol. The number of hydrogen-bond acceptors (Lipinski definition) is 5. The molecule has 0 saturated heterocycles. The molecule has 1 atom stereocenters. The average molecular weight is 246 g/mol. The Morgan fingerprint density at radius 3 is 2.24 bits per heavy atom. The Morgan fingerprint density at radius 2 is 1.88 bits per heavy atom. The van der Waals surface area contributed by atoms with E-state index in [0.29, 0.717) is 6.54 Å². The molecule has 1 amide bonds. The van der Waals surface area contributed by atoms with Crippen LogP contribution in [-0.4, -0.2) is 42.4 Å². The maximum Gasteiger partial charge on any atom is 0.422 e. The minimum Gasteiger partial charge on any atom is -0.468 e. The first-order valence-corrected chi connectivity index (χ1v) is 5.55. The lowest BCUT2D eigenvalue weighted by atomic mass is 10.2. The molecule has 0 spiro atoms. The molecule has 6 heteroatoms. The topological polar surface area (TPSA) is 67.9 Å². The maximum atomic E-state index is 11.5. The van der Waals surface area contributed by atoms with Crippen molar-refractivity contribution >= 4 is 12.1 Å². The lowest BCUT2D eigenvalue weighted by Crippen LogP contribution is -2.51. The number of hydrogen-bond donors (Lipinski definition) is 1. The summed E-state index contributed by atoms with van der Waals surface area (Å²) in [4.78, 5) is 22.8. The van der Waals surface area contributed by atoms with Gasteiger partial charge in [0.25, 0.3) is 0 Å². The van der Waals surface area contributed by atoms with Crippen LogP contribution in [0.25, 0.3) is 0 Å². The van der Waals surface area contributed by atoms with Crippen molar-refractivity contribution in [2.45, 2.75) is 46.3 Å². The molecule has 0 aliphatic heterocycles. The van der Waals surface area contributed by atoms with E-state index in [1.807, 2.05) is 6.92 Å². The first-order valence-electron chi connectivity index (χ1n) is 5.55. The fourth-order valence-electron chi connectivity index (χ4n) is 1.17. The van der Waals surface area contributed by atoms with Crippen LogP contribution in [0.3, 0.4) is 0 Å². The number of esters is 1. The molecule has 6 nitrogen and oxygen atoms in total. The van der Waals surface area contributed by atoms with E-state index in [1.54, 1.807) is 27.7 Å². The highest BCUT2D eigenvalue weighted by Crippen LogP contribution is 2.07. The molecular formula is C11H22N2O4. The SMILES string of the molecule is CCN(NC(=O)OC(C)(C)C)[C@@H](C)C(=O)OC. The molecule has 0 aromatic carbocycles. The largest absolute Gasteiger partial charge is 0.468 e. The summed E-state index contributed by atoms with van der Waals surface area (Å²) in [6.45, 7) is 9.24. The van der Waals surface area contributed by atoms with Crippen molar-refractivity contribution in [3.05, 3.63) is 0 Å². The molecule has 0 aromatic rings. The summed E-state index contributed by atoms with van der Waals surface area (Å²) in [6.07, 6.45) is -0.588. The van der Waals surface area contributed by atoms with Crippen LogP contribution in [0.1, 0.15) is 34.6 Å². The van der Waals surface area contributed by atoms with E-state index < -0.39 is 23.7 Å². The van der Waals surface area contributed by atoms with E-state index in [1.165, 1.54) is 12.1 Å². The molecule has 0 aliphatic carbocycles. The fourth-order valence-corrected chi connectivity index (χ4v) is 1.17. The zero-order valence-electron chi connectivity index (χ0n) is 11.4. The van der Waals surface area contributed by atoms with Gasteiger partial charge < -0.3 is 9.47 Å². The summed E-state index contributed by atoms with van der Waals surface area (Å²) in [6, 6.07) is -0.558. The molecule has 0 rings (SSSR count). The molecule has 100 valence electrons. The third kappa shape index (κ3) is 6.11. The van der Waals surface area contributed by atoms with Gasteiger partial charge >= 0.3 is 12.1 Å². The van der Waals surface area contributed by atoms with Gasteiger partial charge in [0, 0.05) is 6.54 Å². The lowest BCUT2D eigenvalue weighted by molar-refractivity contribution is -0.147. The highest BCUT2D eigenvalue weighted by molar-refractivity contribution is 5.76. The van der Waals surface area contributed by atoms with Crippen LogP contribution in [-0.2, 0) is 14.3 Å². The minimum atomic E-state index is -0.588. The highest BCUT2D eigenvalue weighted by atomic mass is 16.6. The minimum absolute atomic E-state index is 0.414. The summed E-state index contributed by atoms with van der Waals surface area (Å²) in [7, 11) is 1.31. The average Bonchev–Trinajstić information content (AvgIpc) is 2.21. The molecule has 0 radical (unpaired) electrons. The molecule has 17 heavy (non-hydrogen) atoms. The van der Waals surface area contributed by atoms with E-state index in [0.717, 1.165) is 0 Å². The van der Waals surface area contributed by atoms with E-state index >= 15 is 0 Å². The maximum absolute atomic E-state index is 11.5. The van der Waals surface area contributed by atoms with Crippen molar-refractivity contribution in [3.63, 3.8) is 0 Å². The van der Waals surface area contributed by atoms with E-state index in [9.17, 15) is 9.59 Å². The monoisotopic (exact) mass is 246 g/mol. The van der Waals surface area contributed by atoms with Crippen molar-refractivity contribution in [1.29, 1.82) is 0 Å². The normalized spacial score (nSPS) is 13.1. The predicted octanol–water partition coefficient (Wildman–Crippen LogP) is 1.31. The van der Waals surface area contributed by atoms with Gasteiger partial charge in [-0.25, -0.2) is 9.80 Å². The van der Waals surface area contributed by atoms with Crippen LogP contribution in [0.4, 0.5) is 4.79 Å². The zero-order chi connectivity index (χ0) is 13.6. The molecule has 1 N–H and O–H groups in total. The second-order valence-corrected chi connectivity index (χ2v) is 4.60. The van der Waals surface area contributed by atoms with Crippen molar-refractivity contribution in [3.8, 4) is 0 Å². The molecule has 0 heterocycles. The van der Waals surface area contributed by atoms with Gasteiger partial charge in [-0.3, -0.25) is 10.2 Å². The standard InChI is InChI=1S/C11H22N2O4/c1-7-13(8(2)9(14)16-6)12-10(15)17-11(3,4)5/h8H,7H2,1-6H3,(H,12,15)/t8-/m0/s1. The Hall–Kier alpha value is -1.30. The molecule has 0 bridgehead atoms. The molecule has 0 fully saturated rings. The Kier molecular flexibility index (Phi) is 5.95.